The molecule has 7 heteroatoms. The van der Waals surface area contributed by atoms with Crippen LogP contribution in [0.1, 0.15) is 28.2 Å². The number of carbonyl (C=O) groups excluding carboxylic acids is 1. The monoisotopic (exact) mass is 331 g/mol. The molecule has 23 heavy (non-hydrogen) atoms. The van der Waals surface area contributed by atoms with Crippen LogP contribution in [-0.4, -0.2) is 52.0 Å². The summed E-state index contributed by atoms with van der Waals surface area (Å²) < 4.78 is 1.75. The minimum atomic E-state index is 0.0235. The first-order valence-corrected chi connectivity index (χ1v) is 9.10. The molecule has 2 atom stereocenters. The maximum Gasteiger partial charge on any atom is 0.276 e. The maximum atomic E-state index is 12.7. The van der Waals surface area contributed by atoms with Gasteiger partial charge in [0.05, 0.1) is 12.7 Å². The average molecular weight is 331 g/mol. The number of hydrogen-bond acceptors (Lipinski definition) is 5. The van der Waals surface area contributed by atoms with Crippen molar-refractivity contribution in [2.24, 2.45) is 11.8 Å². The van der Waals surface area contributed by atoms with Crippen LogP contribution in [0.25, 0.3) is 0 Å². The Morgan fingerprint density at radius 2 is 2.09 bits per heavy atom. The van der Waals surface area contributed by atoms with Gasteiger partial charge in [0, 0.05) is 18.0 Å². The van der Waals surface area contributed by atoms with E-state index in [0.29, 0.717) is 12.2 Å². The van der Waals surface area contributed by atoms with Crippen LogP contribution in [0.5, 0.6) is 0 Å². The summed E-state index contributed by atoms with van der Waals surface area (Å²) in [5.74, 6) is 1.47. The fourth-order valence-corrected chi connectivity index (χ4v) is 4.31. The smallest absolute Gasteiger partial charge is 0.276 e. The number of nitrogens with zero attached hydrogens (tertiary/aromatic N) is 4. The first-order chi connectivity index (χ1) is 11.3. The standard InChI is InChI=1S/C16H21N5OS/c22-16(20-5-3-12-8-17-9-13(12)4-6-20)15-11-21(19-18-15)10-14-2-1-7-23-14/h1-2,7,11-13,17H,3-6,8-10H2/t12-,13+. The Bertz CT molecular complexity index is 654. The van der Waals surface area contributed by atoms with E-state index < -0.39 is 0 Å². The SMILES string of the molecule is O=C(c1cn(Cc2cccs2)nn1)N1CC[C@@H]2CNC[C@@H]2CC1. The second kappa shape index (κ2) is 6.41. The fourth-order valence-electron chi connectivity index (χ4n) is 3.62. The highest BCUT2D eigenvalue weighted by atomic mass is 32.1. The summed E-state index contributed by atoms with van der Waals surface area (Å²) in [6, 6.07) is 4.08. The van der Waals surface area contributed by atoms with Gasteiger partial charge in [0.25, 0.3) is 5.91 Å². The van der Waals surface area contributed by atoms with Crippen LogP contribution in [0.2, 0.25) is 0 Å². The molecule has 0 spiro atoms. The van der Waals surface area contributed by atoms with Crippen LogP contribution in [-0.2, 0) is 6.54 Å². The van der Waals surface area contributed by atoms with Gasteiger partial charge < -0.3 is 10.2 Å². The van der Waals surface area contributed by atoms with Crippen LogP contribution in [0, 0.1) is 11.8 Å². The van der Waals surface area contributed by atoms with Crippen molar-refractivity contribution in [1.29, 1.82) is 0 Å². The highest BCUT2D eigenvalue weighted by Gasteiger charge is 2.32. The first kappa shape index (κ1) is 14.8. The molecular formula is C16H21N5OS. The van der Waals surface area contributed by atoms with Gasteiger partial charge in [-0.15, -0.1) is 16.4 Å². The highest BCUT2D eigenvalue weighted by Crippen LogP contribution is 2.27. The number of rotatable bonds is 3. The molecule has 4 rings (SSSR count). The van der Waals surface area contributed by atoms with Gasteiger partial charge >= 0.3 is 0 Å². The molecule has 1 amide bonds. The summed E-state index contributed by atoms with van der Waals surface area (Å²) in [6.07, 6.45) is 3.95. The van der Waals surface area contributed by atoms with Crippen LogP contribution in [0.3, 0.4) is 0 Å². The van der Waals surface area contributed by atoms with E-state index in [1.165, 1.54) is 4.88 Å². The van der Waals surface area contributed by atoms with Crippen molar-refractivity contribution in [2.75, 3.05) is 26.2 Å². The van der Waals surface area contributed by atoms with Crippen molar-refractivity contribution in [3.05, 3.63) is 34.3 Å². The lowest BCUT2D eigenvalue weighted by molar-refractivity contribution is 0.0752. The third-order valence-corrected chi connectivity index (χ3v) is 5.82. The van der Waals surface area contributed by atoms with Gasteiger partial charge in [-0.3, -0.25) is 4.79 Å². The Kier molecular flexibility index (Phi) is 4.13. The quantitative estimate of drug-likeness (QED) is 0.925. The third kappa shape index (κ3) is 3.16. The Morgan fingerprint density at radius 3 is 2.78 bits per heavy atom. The van der Waals surface area contributed by atoms with E-state index in [4.69, 9.17) is 0 Å². The van der Waals surface area contributed by atoms with Gasteiger partial charge in [0.1, 0.15) is 0 Å². The Labute approximate surface area is 139 Å². The van der Waals surface area contributed by atoms with E-state index in [-0.39, 0.29) is 5.91 Å². The number of likely N-dealkylation sites (tertiary alicyclic amines) is 1. The number of carbonyl (C=O) groups is 1. The van der Waals surface area contributed by atoms with E-state index in [1.807, 2.05) is 16.3 Å². The second-order valence-corrected chi connectivity index (χ2v) is 7.46. The summed E-state index contributed by atoms with van der Waals surface area (Å²) in [5, 5.41) is 13.7. The van der Waals surface area contributed by atoms with Gasteiger partial charge in [0.15, 0.2) is 5.69 Å². The van der Waals surface area contributed by atoms with Crippen molar-refractivity contribution >= 4 is 17.2 Å². The van der Waals surface area contributed by atoms with Gasteiger partial charge in [-0.25, -0.2) is 4.68 Å². The van der Waals surface area contributed by atoms with Crippen LogP contribution in [0.4, 0.5) is 0 Å². The molecule has 4 heterocycles. The molecule has 2 fully saturated rings. The molecule has 2 aliphatic rings. The zero-order valence-electron chi connectivity index (χ0n) is 13.0. The lowest BCUT2D eigenvalue weighted by Gasteiger charge is -2.19. The van der Waals surface area contributed by atoms with Crippen molar-refractivity contribution in [3.63, 3.8) is 0 Å². The molecule has 122 valence electrons. The van der Waals surface area contributed by atoms with Crippen LogP contribution >= 0.6 is 11.3 Å². The number of thiophene rings is 1. The zero-order valence-corrected chi connectivity index (χ0v) is 13.8. The molecular weight excluding hydrogens is 310 g/mol. The van der Waals surface area contributed by atoms with Crippen molar-refractivity contribution < 1.29 is 4.79 Å². The summed E-state index contributed by atoms with van der Waals surface area (Å²) in [5.41, 5.74) is 0.465. The topological polar surface area (TPSA) is 63.1 Å². The molecule has 1 N–H and O–H groups in total. The van der Waals surface area contributed by atoms with E-state index in [9.17, 15) is 4.79 Å². The normalized spacial score (nSPS) is 24.4. The van der Waals surface area contributed by atoms with E-state index in [1.54, 1.807) is 22.2 Å². The van der Waals surface area contributed by atoms with Crippen LogP contribution in [0.15, 0.2) is 23.7 Å². The second-order valence-electron chi connectivity index (χ2n) is 6.43. The van der Waals surface area contributed by atoms with E-state index >= 15 is 0 Å². The molecule has 2 aromatic heterocycles. The van der Waals surface area contributed by atoms with Gasteiger partial charge in [-0.2, -0.15) is 0 Å². The highest BCUT2D eigenvalue weighted by molar-refractivity contribution is 7.09. The van der Waals surface area contributed by atoms with Gasteiger partial charge in [-0.05, 0) is 49.2 Å². The predicted octanol–water partition coefficient (Wildman–Crippen LogP) is 1.46. The number of fused-ring (bicyclic) bond motifs is 1. The first-order valence-electron chi connectivity index (χ1n) is 8.22. The zero-order chi connectivity index (χ0) is 15.6. The molecule has 0 saturated carbocycles. The van der Waals surface area contributed by atoms with Gasteiger partial charge in [-0.1, -0.05) is 11.3 Å². The Balaban J connectivity index is 1.41. The molecule has 2 saturated heterocycles. The fraction of sp³-hybridized carbons (Fsp3) is 0.562. The Hall–Kier alpha value is -1.73. The minimum absolute atomic E-state index is 0.0235. The Morgan fingerprint density at radius 1 is 1.30 bits per heavy atom. The molecule has 0 aromatic carbocycles. The van der Waals surface area contributed by atoms with Crippen LogP contribution < -0.4 is 5.32 Å². The summed E-state index contributed by atoms with van der Waals surface area (Å²) in [6.45, 7) is 4.54. The molecule has 0 bridgehead atoms. The van der Waals surface area contributed by atoms with E-state index in [0.717, 1.165) is 50.9 Å². The molecule has 0 aliphatic carbocycles. The lowest BCUT2D eigenvalue weighted by atomic mass is 9.92. The number of amides is 1. The molecule has 2 aliphatic heterocycles. The predicted molar refractivity (Wildman–Crippen MR) is 88.4 cm³/mol. The van der Waals surface area contributed by atoms with Crippen molar-refractivity contribution in [1.82, 2.24) is 25.2 Å². The average Bonchev–Trinajstić information content (AvgIpc) is 3.29. The summed E-state index contributed by atoms with van der Waals surface area (Å²) >= 11 is 1.69. The van der Waals surface area contributed by atoms with E-state index in [2.05, 4.69) is 21.7 Å². The third-order valence-electron chi connectivity index (χ3n) is 4.96. The van der Waals surface area contributed by atoms with Crippen molar-refractivity contribution in [3.8, 4) is 0 Å². The summed E-state index contributed by atoms with van der Waals surface area (Å²) in [7, 11) is 0. The number of hydrogen-bond donors (Lipinski definition) is 1. The van der Waals surface area contributed by atoms with Gasteiger partial charge in [0.2, 0.25) is 0 Å². The number of aromatic nitrogens is 3. The molecule has 0 unspecified atom stereocenters. The molecule has 0 radical (unpaired) electrons. The molecule has 6 nitrogen and oxygen atoms in total. The summed E-state index contributed by atoms with van der Waals surface area (Å²) in [4.78, 5) is 15.9. The van der Waals surface area contributed by atoms with Crippen molar-refractivity contribution in [2.45, 2.75) is 19.4 Å². The maximum absolute atomic E-state index is 12.7. The lowest BCUT2D eigenvalue weighted by Crippen LogP contribution is -2.33. The minimum Gasteiger partial charge on any atom is -0.337 e. The number of nitrogens with one attached hydrogen (secondary N) is 1. The largest absolute Gasteiger partial charge is 0.337 e. The molecule has 2 aromatic rings.